The van der Waals surface area contributed by atoms with Gasteiger partial charge in [0.2, 0.25) is 0 Å². The molecule has 1 heterocycles. The van der Waals surface area contributed by atoms with Gasteiger partial charge in [-0.15, -0.1) is 0 Å². The summed E-state index contributed by atoms with van der Waals surface area (Å²) in [5, 5.41) is 0. The summed E-state index contributed by atoms with van der Waals surface area (Å²) in [5.74, 6) is 5.11. The summed E-state index contributed by atoms with van der Waals surface area (Å²) in [6.45, 7) is 9.02. The summed E-state index contributed by atoms with van der Waals surface area (Å²) < 4.78 is 7.29. The van der Waals surface area contributed by atoms with Crippen molar-refractivity contribution in [3.8, 4) is 11.8 Å². The van der Waals surface area contributed by atoms with Crippen LogP contribution >= 0.6 is 0 Å². The maximum atomic E-state index is 12.5. The van der Waals surface area contributed by atoms with Gasteiger partial charge in [-0.05, 0) is 32.4 Å². The molecule has 0 aliphatic heterocycles. The van der Waals surface area contributed by atoms with Gasteiger partial charge < -0.3 is 9.30 Å². The average molecular weight is 308 g/mol. The van der Waals surface area contributed by atoms with Crippen LogP contribution in [-0.4, -0.2) is 21.1 Å². The Labute approximate surface area is 136 Å². The maximum absolute atomic E-state index is 12.5. The maximum Gasteiger partial charge on any atom is 0.358 e. The quantitative estimate of drug-likeness (QED) is 0.640. The van der Waals surface area contributed by atoms with E-state index >= 15 is 0 Å². The van der Waals surface area contributed by atoms with Gasteiger partial charge in [0.1, 0.15) is 5.69 Å². The number of hydrogen-bond acceptors (Lipinski definition) is 3. The van der Waals surface area contributed by atoms with Gasteiger partial charge >= 0.3 is 5.97 Å². The molecule has 4 nitrogen and oxygen atoms in total. The number of hydrogen-bond donors (Lipinski definition) is 0. The Hall–Kier alpha value is -2.80. The molecule has 0 spiro atoms. The lowest BCUT2D eigenvalue weighted by atomic mass is 10.1. The van der Waals surface area contributed by atoms with Crippen molar-refractivity contribution in [2.45, 2.75) is 32.4 Å². The molecule has 1 atom stereocenters. The largest absolute Gasteiger partial charge is 0.442 e. The van der Waals surface area contributed by atoms with Crippen molar-refractivity contribution < 1.29 is 9.53 Å². The summed E-state index contributed by atoms with van der Waals surface area (Å²) in [5.41, 5.74) is 0.594. The Balaban J connectivity index is 2.24. The van der Waals surface area contributed by atoms with Gasteiger partial charge in [-0.2, -0.15) is 0 Å². The lowest BCUT2D eigenvalue weighted by Crippen LogP contribution is -2.28. The molecule has 0 bridgehead atoms. The molecular weight excluding hydrogens is 288 g/mol. The van der Waals surface area contributed by atoms with Crippen LogP contribution in [0, 0.1) is 11.8 Å². The average Bonchev–Trinajstić information content (AvgIpc) is 3.02. The van der Waals surface area contributed by atoms with E-state index in [0.717, 1.165) is 5.56 Å². The van der Waals surface area contributed by atoms with Crippen molar-refractivity contribution in [3.63, 3.8) is 0 Å². The molecule has 0 saturated carbocycles. The Bertz CT molecular complexity index is 748. The van der Waals surface area contributed by atoms with Gasteiger partial charge in [0.05, 0.1) is 18.6 Å². The summed E-state index contributed by atoms with van der Waals surface area (Å²) in [6, 6.07) is 9.89. The van der Waals surface area contributed by atoms with Gasteiger partial charge in [0, 0.05) is 0 Å². The predicted molar refractivity (Wildman–Crippen MR) is 89.9 cm³/mol. The molecule has 0 N–H and O–H groups in total. The molecule has 1 aromatic heterocycles. The predicted octanol–water partition coefficient (Wildman–Crippen LogP) is 3.62. The fraction of sp³-hybridized carbons (Fsp3) is 0.263. The number of aromatic nitrogens is 2. The molecule has 2 rings (SSSR count). The van der Waals surface area contributed by atoms with E-state index in [9.17, 15) is 4.79 Å². The third-order valence-corrected chi connectivity index (χ3v) is 3.40. The number of ether oxygens (including phenoxy) is 1. The standard InChI is InChI=1S/C19H20N2O2/c1-5-6-12-19(3,4)23-18(22)17-13-20-14-21(17)15(2)16-10-8-7-9-11-16/h5,7-11,13-15H,1H2,2-4H3. The van der Waals surface area contributed by atoms with E-state index in [2.05, 4.69) is 23.4 Å². The molecular formula is C19H20N2O2. The fourth-order valence-corrected chi connectivity index (χ4v) is 2.20. The summed E-state index contributed by atoms with van der Waals surface area (Å²) in [7, 11) is 0. The van der Waals surface area contributed by atoms with Gasteiger partial charge in [-0.1, -0.05) is 48.8 Å². The zero-order valence-corrected chi connectivity index (χ0v) is 13.6. The van der Waals surface area contributed by atoms with Crippen molar-refractivity contribution in [2.24, 2.45) is 0 Å². The number of esters is 1. The van der Waals surface area contributed by atoms with E-state index in [-0.39, 0.29) is 6.04 Å². The highest BCUT2D eigenvalue weighted by atomic mass is 16.6. The lowest BCUT2D eigenvalue weighted by molar-refractivity contribution is 0.0191. The van der Waals surface area contributed by atoms with E-state index in [0.29, 0.717) is 5.69 Å². The van der Waals surface area contributed by atoms with E-state index < -0.39 is 11.6 Å². The van der Waals surface area contributed by atoms with E-state index in [1.54, 1.807) is 24.7 Å². The summed E-state index contributed by atoms with van der Waals surface area (Å²) in [4.78, 5) is 16.6. The molecule has 2 aromatic rings. The van der Waals surface area contributed by atoms with Crippen LogP contribution in [0.15, 0.2) is 55.5 Å². The minimum Gasteiger partial charge on any atom is -0.442 e. The monoisotopic (exact) mass is 308 g/mol. The van der Waals surface area contributed by atoms with Crippen LogP contribution in [0.25, 0.3) is 0 Å². The van der Waals surface area contributed by atoms with Gasteiger partial charge in [-0.25, -0.2) is 9.78 Å². The van der Waals surface area contributed by atoms with Crippen LogP contribution < -0.4 is 0 Å². The summed E-state index contributed by atoms with van der Waals surface area (Å²) in [6.07, 6.45) is 4.62. The Kier molecular flexibility index (Phi) is 5.02. The van der Waals surface area contributed by atoms with Crippen LogP contribution in [0.2, 0.25) is 0 Å². The number of rotatable bonds is 4. The highest BCUT2D eigenvalue weighted by molar-refractivity contribution is 5.88. The number of carbonyl (C=O) groups excluding carboxylic acids is 1. The number of imidazole rings is 1. The van der Waals surface area contributed by atoms with Gasteiger partial charge in [-0.3, -0.25) is 0 Å². The lowest BCUT2D eigenvalue weighted by Gasteiger charge is -2.21. The molecule has 0 amide bonds. The summed E-state index contributed by atoms with van der Waals surface area (Å²) >= 11 is 0. The SMILES string of the molecule is C=CC#CC(C)(C)OC(=O)c1cncn1C(C)c1ccccc1. The third-order valence-electron chi connectivity index (χ3n) is 3.40. The number of nitrogens with zero attached hydrogens (tertiary/aromatic N) is 2. The zero-order chi connectivity index (χ0) is 16.9. The smallest absolute Gasteiger partial charge is 0.358 e. The van der Waals surface area contributed by atoms with Crippen molar-refractivity contribution in [2.75, 3.05) is 0 Å². The molecule has 118 valence electrons. The molecule has 0 aliphatic carbocycles. The van der Waals surface area contributed by atoms with Gasteiger partial charge in [0.15, 0.2) is 5.60 Å². The van der Waals surface area contributed by atoms with Crippen molar-refractivity contribution in [1.29, 1.82) is 0 Å². The van der Waals surface area contributed by atoms with Crippen molar-refractivity contribution in [3.05, 3.63) is 66.8 Å². The zero-order valence-electron chi connectivity index (χ0n) is 13.6. The molecule has 0 aliphatic rings. The van der Waals surface area contributed by atoms with Crippen molar-refractivity contribution >= 4 is 5.97 Å². The molecule has 23 heavy (non-hydrogen) atoms. The van der Waals surface area contributed by atoms with Crippen LogP contribution in [0.1, 0.15) is 42.9 Å². The molecule has 1 unspecified atom stereocenters. The first-order valence-corrected chi connectivity index (χ1v) is 7.38. The fourth-order valence-electron chi connectivity index (χ4n) is 2.20. The second-order valence-corrected chi connectivity index (χ2v) is 5.65. The Morgan fingerprint density at radius 2 is 2.09 bits per heavy atom. The highest BCUT2D eigenvalue weighted by Gasteiger charge is 2.25. The first kappa shape index (κ1) is 16.6. The highest BCUT2D eigenvalue weighted by Crippen LogP contribution is 2.21. The molecule has 0 fully saturated rings. The van der Waals surface area contributed by atoms with Crippen molar-refractivity contribution in [1.82, 2.24) is 9.55 Å². The van der Waals surface area contributed by atoms with E-state index in [1.807, 2.05) is 37.3 Å². The molecule has 1 aromatic carbocycles. The molecule has 0 radical (unpaired) electrons. The van der Waals surface area contributed by atoms with Crippen LogP contribution in [0.4, 0.5) is 0 Å². The Morgan fingerprint density at radius 1 is 1.39 bits per heavy atom. The molecule has 0 saturated heterocycles. The van der Waals surface area contributed by atoms with Crippen LogP contribution in [0.5, 0.6) is 0 Å². The van der Waals surface area contributed by atoms with Crippen LogP contribution in [0.3, 0.4) is 0 Å². The first-order valence-electron chi connectivity index (χ1n) is 7.38. The molecule has 4 heteroatoms. The van der Waals surface area contributed by atoms with E-state index in [1.165, 1.54) is 12.3 Å². The Morgan fingerprint density at radius 3 is 2.74 bits per heavy atom. The minimum atomic E-state index is -0.893. The van der Waals surface area contributed by atoms with Crippen LogP contribution in [-0.2, 0) is 4.74 Å². The van der Waals surface area contributed by atoms with E-state index in [4.69, 9.17) is 4.74 Å². The first-order chi connectivity index (χ1) is 10.9. The number of allylic oxidation sites excluding steroid dienone is 1. The second kappa shape index (κ2) is 6.97. The number of benzene rings is 1. The normalized spacial score (nSPS) is 12.0. The third kappa shape index (κ3) is 4.10. The second-order valence-electron chi connectivity index (χ2n) is 5.65. The number of carbonyl (C=O) groups is 1. The topological polar surface area (TPSA) is 44.1 Å². The van der Waals surface area contributed by atoms with Gasteiger partial charge in [0.25, 0.3) is 0 Å². The minimum absolute atomic E-state index is 0.0244.